The van der Waals surface area contributed by atoms with Crippen LogP contribution in [0.4, 0.5) is 10.1 Å². The summed E-state index contributed by atoms with van der Waals surface area (Å²) in [6.45, 7) is 2.02. The van der Waals surface area contributed by atoms with E-state index in [1.165, 1.54) is 18.2 Å². The molecule has 0 radical (unpaired) electrons. The zero-order chi connectivity index (χ0) is 19.2. The summed E-state index contributed by atoms with van der Waals surface area (Å²) in [5.41, 5.74) is 2.61. The molecule has 27 heavy (non-hydrogen) atoms. The number of carbonyl (C=O) groups is 2. The summed E-state index contributed by atoms with van der Waals surface area (Å²) < 4.78 is 13.3. The molecule has 0 spiro atoms. The first-order valence-electron chi connectivity index (χ1n) is 8.70. The maximum atomic E-state index is 13.3. The number of thioether (sulfide) groups is 1. The van der Waals surface area contributed by atoms with Crippen molar-refractivity contribution in [3.63, 3.8) is 0 Å². The number of amides is 2. The molecule has 2 atom stereocenters. The van der Waals surface area contributed by atoms with Crippen LogP contribution in [0, 0.1) is 12.7 Å². The molecule has 0 aromatic heterocycles. The van der Waals surface area contributed by atoms with Gasteiger partial charge in [-0.05, 0) is 37.1 Å². The van der Waals surface area contributed by atoms with Gasteiger partial charge in [0.25, 0.3) is 0 Å². The van der Waals surface area contributed by atoms with Crippen LogP contribution >= 0.6 is 23.4 Å². The van der Waals surface area contributed by atoms with E-state index in [-0.39, 0.29) is 16.8 Å². The third-order valence-electron chi connectivity index (χ3n) is 5.12. The van der Waals surface area contributed by atoms with Crippen molar-refractivity contribution in [2.45, 2.75) is 30.7 Å². The van der Waals surface area contributed by atoms with Gasteiger partial charge in [0.15, 0.2) is 0 Å². The summed E-state index contributed by atoms with van der Waals surface area (Å²) in [6.07, 6.45) is 1.11. The van der Waals surface area contributed by atoms with Gasteiger partial charge in [0.1, 0.15) is 16.7 Å². The summed E-state index contributed by atoms with van der Waals surface area (Å²) in [6, 6.07) is 11.6. The average molecular weight is 405 g/mol. The van der Waals surface area contributed by atoms with E-state index in [1.807, 2.05) is 31.2 Å². The van der Waals surface area contributed by atoms with Gasteiger partial charge in [0.2, 0.25) is 11.8 Å². The van der Waals surface area contributed by atoms with Gasteiger partial charge in [-0.25, -0.2) is 4.39 Å². The standard InChI is InChI=1S/C20H18ClFN2O2S/c1-12-2-4-13(5-3-12)20-9-8-18(25)24(20)17(11-27-20)19(26)23-14-6-7-16(22)15(21)10-14/h2-7,10,17H,8-9,11H2,1H3,(H,23,26)/t17-,20-/m0/s1. The normalized spacial score (nSPS) is 24.2. The van der Waals surface area contributed by atoms with E-state index >= 15 is 0 Å². The number of fused-ring (bicyclic) bond motifs is 1. The Balaban J connectivity index is 1.61. The van der Waals surface area contributed by atoms with E-state index in [0.29, 0.717) is 24.3 Å². The van der Waals surface area contributed by atoms with Gasteiger partial charge in [-0.3, -0.25) is 9.59 Å². The van der Waals surface area contributed by atoms with Gasteiger partial charge in [0.05, 0.1) is 5.02 Å². The molecule has 140 valence electrons. The van der Waals surface area contributed by atoms with Gasteiger partial charge < -0.3 is 10.2 Å². The molecule has 4 rings (SSSR count). The Hall–Kier alpha value is -2.05. The van der Waals surface area contributed by atoms with Crippen LogP contribution in [0.15, 0.2) is 42.5 Å². The second-order valence-corrected chi connectivity index (χ2v) is 8.56. The SMILES string of the molecule is Cc1ccc([C@@]23CCC(=O)N2[C@H](C(=O)Nc2ccc(F)c(Cl)c2)CS3)cc1. The highest BCUT2D eigenvalue weighted by atomic mass is 35.5. The molecule has 2 amide bonds. The molecule has 0 saturated carbocycles. The molecule has 2 aliphatic rings. The number of carbonyl (C=O) groups excluding carboxylic acids is 2. The van der Waals surface area contributed by atoms with E-state index in [0.717, 1.165) is 11.1 Å². The Bertz CT molecular complexity index is 921. The minimum atomic E-state index is -0.574. The molecule has 2 saturated heterocycles. The van der Waals surface area contributed by atoms with E-state index in [2.05, 4.69) is 5.32 Å². The highest BCUT2D eigenvalue weighted by Crippen LogP contribution is 2.54. The fraction of sp³-hybridized carbons (Fsp3) is 0.300. The summed E-state index contributed by atoms with van der Waals surface area (Å²) >= 11 is 7.42. The van der Waals surface area contributed by atoms with Crippen LogP contribution in [0.25, 0.3) is 0 Å². The molecule has 1 N–H and O–H groups in total. The van der Waals surface area contributed by atoms with Crippen LogP contribution in [-0.2, 0) is 14.5 Å². The predicted molar refractivity (Wildman–Crippen MR) is 105 cm³/mol. The molecule has 2 fully saturated rings. The predicted octanol–water partition coefficient (Wildman–Crippen LogP) is 4.32. The van der Waals surface area contributed by atoms with Crippen molar-refractivity contribution in [3.8, 4) is 0 Å². The number of anilines is 1. The van der Waals surface area contributed by atoms with Gasteiger partial charge >= 0.3 is 0 Å². The number of aryl methyl sites for hydroxylation is 1. The molecule has 0 aliphatic carbocycles. The molecule has 2 aromatic carbocycles. The van der Waals surface area contributed by atoms with Crippen molar-refractivity contribution in [2.75, 3.05) is 11.1 Å². The summed E-state index contributed by atoms with van der Waals surface area (Å²) in [5, 5.41) is 2.71. The maximum absolute atomic E-state index is 13.3. The van der Waals surface area contributed by atoms with Gasteiger partial charge in [-0.2, -0.15) is 0 Å². The van der Waals surface area contributed by atoms with Gasteiger partial charge in [-0.15, -0.1) is 11.8 Å². The summed E-state index contributed by atoms with van der Waals surface area (Å²) in [5.74, 6) is -0.327. The number of hydrogen-bond donors (Lipinski definition) is 1. The fourth-order valence-corrected chi connectivity index (χ4v) is 5.58. The zero-order valence-corrected chi connectivity index (χ0v) is 16.2. The van der Waals surface area contributed by atoms with Crippen molar-refractivity contribution in [1.82, 2.24) is 4.90 Å². The fourth-order valence-electron chi connectivity index (χ4n) is 3.75. The second-order valence-electron chi connectivity index (χ2n) is 6.86. The molecule has 4 nitrogen and oxygen atoms in total. The van der Waals surface area contributed by atoms with Crippen LogP contribution in [0.1, 0.15) is 24.0 Å². The third-order valence-corrected chi connectivity index (χ3v) is 7.01. The second kappa shape index (κ2) is 6.84. The summed E-state index contributed by atoms with van der Waals surface area (Å²) in [4.78, 5) is 26.7. The summed E-state index contributed by atoms with van der Waals surface area (Å²) in [7, 11) is 0. The smallest absolute Gasteiger partial charge is 0.248 e. The van der Waals surface area contributed by atoms with Crippen LogP contribution in [0.5, 0.6) is 0 Å². The van der Waals surface area contributed by atoms with Crippen molar-refractivity contribution in [3.05, 3.63) is 64.4 Å². The van der Waals surface area contributed by atoms with E-state index in [9.17, 15) is 14.0 Å². The minimum Gasteiger partial charge on any atom is -0.324 e. The largest absolute Gasteiger partial charge is 0.324 e. The van der Waals surface area contributed by atoms with Gasteiger partial charge in [0, 0.05) is 17.9 Å². The Labute approximate surface area is 166 Å². The molecule has 2 aromatic rings. The average Bonchev–Trinajstić information content (AvgIpc) is 3.18. The lowest BCUT2D eigenvalue weighted by Gasteiger charge is -2.34. The zero-order valence-electron chi connectivity index (χ0n) is 14.7. The van der Waals surface area contributed by atoms with Crippen molar-refractivity contribution < 1.29 is 14.0 Å². The van der Waals surface area contributed by atoms with Crippen molar-refractivity contribution in [2.24, 2.45) is 0 Å². The maximum Gasteiger partial charge on any atom is 0.248 e. The van der Waals surface area contributed by atoms with E-state index in [4.69, 9.17) is 11.6 Å². The first-order chi connectivity index (χ1) is 12.9. The quantitative estimate of drug-likeness (QED) is 0.828. The monoisotopic (exact) mass is 404 g/mol. The van der Waals surface area contributed by atoms with Gasteiger partial charge in [-0.1, -0.05) is 41.4 Å². The lowest BCUT2D eigenvalue weighted by molar-refractivity contribution is -0.136. The Morgan fingerprint density at radius 1 is 1.30 bits per heavy atom. The van der Waals surface area contributed by atoms with Crippen LogP contribution in [-0.4, -0.2) is 28.5 Å². The third kappa shape index (κ3) is 3.11. The highest BCUT2D eigenvalue weighted by molar-refractivity contribution is 8.00. The van der Waals surface area contributed by atoms with Crippen LogP contribution < -0.4 is 5.32 Å². The molecule has 7 heteroatoms. The van der Waals surface area contributed by atoms with Crippen LogP contribution in [0.2, 0.25) is 5.02 Å². The lowest BCUT2D eigenvalue weighted by Crippen LogP contribution is -2.48. The Morgan fingerprint density at radius 3 is 2.74 bits per heavy atom. The number of rotatable bonds is 3. The molecule has 2 aliphatic heterocycles. The minimum absolute atomic E-state index is 0.0159. The van der Waals surface area contributed by atoms with E-state index < -0.39 is 16.7 Å². The molecule has 2 heterocycles. The highest BCUT2D eigenvalue weighted by Gasteiger charge is 2.56. The number of hydrogen-bond acceptors (Lipinski definition) is 3. The first-order valence-corrected chi connectivity index (χ1v) is 10.1. The number of halogens is 2. The first kappa shape index (κ1) is 18.3. The van der Waals surface area contributed by atoms with Crippen molar-refractivity contribution >= 4 is 40.9 Å². The number of benzene rings is 2. The molecule has 0 unspecified atom stereocenters. The molecular formula is C20H18ClFN2O2S. The Kier molecular flexibility index (Phi) is 4.64. The lowest BCUT2D eigenvalue weighted by atomic mass is 10.0. The topological polar surface area (TPSA) is 49.4 Å². The Morgan fingerprint density at radius 2 is 2.04 bits per heavy atom. The molecular weight excluding hydrogens is 387 g/mol. The van der Waals surface area contributed by atoms with Crippen LogP contribution in [0.3, 0.4) is 0 Å². The molecule has 0 bridgehead atoms. The number of nitrogens with one attached hydrogen (secondary N) is 1. The van der Waals surface area contributed by atoms with E-state index in [1.54, 1.807) is 16.7 Å². The number of nitrogens with zero attached hydrogens (tertiary/aromatic N) is 1. The van der Waals surface area contributed by atoms with Crippen molar-refractivity contribution in [1.29, 1.82) is 0 Å².